The molecule has 2 rings (SSSR count). The zero-order valence-corrected chi connectivity index (χ0v) is 13.1. The maximum Gasteiger partial charge on any atom is 0.573 e. The lowest BCUT2D eigenvalue weighted by molar-refractivity contribution is -0.274. The molecule has 23 heavy (non-hydrogen) atoms. The van der Waals surface area contributed by atoms with Gasteiger partial charge in [0.25, 0.3) is 0 Å². The fourth-order valence-electron chi connectivity index (χ4n) is 1.99. The lowest BCUT2D eigenvalue weighted by Gasteiger charge is -2.15. The quantitative estimate of drug-likeness (QED) is 0.884. The van der Waals surface area contributed by atoms with Crippen molar-refractivity contribution in [3.8, 4) is 5.75 Å². The van der Waals surface area contributed by atoms with Crippen LogP contribution >= 0.6 is 0 Å². The predicted octanol–water partition coefficient (Wildman–Crippen LogP) is 4.42. The van der Waals surface area contributed by atoms with Crippen LogP contribution in [0, 0.1) is 6.92 Å². The van der Waals surface area contributed by atoms with E-state index in [0.29, 0.717) is 17.9 Å². The van der Waals surface area contributed by atoms with Gasteiger partial charge in [0, 0.05) is 6.54 Å². The monoisotopic (exact) mass is 325 g/mol. The molecule has 124 valence electrons. The van der Waals surface area contributed by atoms with Crippen LogP contribution in [0.3, 0.4) is 0 Å². The van der Waals surface area contributed by atoms with E-state index in [0.717, 1.165) is 11.3 Å². The Kier molecular flexibility index (Phi) is 5.08. The van der Waals surface area contributed by atoms with Crippen molar-refractivity contribution in [2.45, 2.75) is 39.6 Å². The molecule has 0 saturated heterocycles. The molecule has 1 aromatic carbocycles. The van der Waals surface area contributed by atoms with E-state index < -0.39 is 6.36 Å². The highest BCUT2D eigenvalue weighted by Crippen LogP contribution is 2.28. The maximum atomic E-state index is 12.4. The first-order valence-corrected chi connectivity index (χ1v) is 7.15. The molecule has 0 unspecified atom stereocenters. The van der Waals surface area contributed by atoms with E-state index in [9.17, 15) is 13.2 Å². The molecule has 0 aliphatic rings. The molecule has 4 nitrogen and oxygen atoms in total. The number of nitrogens with one attached hydrogen (secondary N) is 1. The third-order valence-electron chi connectivity index (χ3n) is 3.14. The molecule has 1 N–H and O–H groups in total. The summed E-state index contributed by atoms with van der Waals surface area (Å²) in [5.74, 6) is 0.434. The summed E-state index contributed by atoms with van der Waals surface area (Å²) in [7, 11) is 0. The van der Waals surface area contributed by atoms with E-state index in [1.807, 2.05) is 26.8 Å². The van der Waals surface area contributed by atoms with E-state index in [1.165, 1.54) is 12.1 Å². The standard InChI is InChI=1S/C16H18F3N3O/c1-10(2)13-4-12(5-14(6-13)23-16(17,18)19)8-22-15-9-20-11(3)7-21-15/h4-7,9-10H,8H2,1-3H3,(H,21,22). The van der Waals surface area contributed by atoms with Gasteiger partial charge in [0.05, 0.1) is 18.1 Å². The number of hydrogen-bond acceptors (Lipinski definition) is 4. The number of aryl methyl sites for hydroxylation is 1. The van der Waals surface area contributed by atoms with Gasteiger partial charge in [0.1, 0.15) is 11.6 Å². The van der Waals surface area contributed by atoms with Crippen molar-refractivity contribution in [2.75, 3.05) is 5.32 Å². The lowest BCUT2D eigenvalue weighted by atomic mass is 10.0. The molecule has 0 amide bonds. The van der Waals surface area contributed by atoms with Crippen LogP contribution < -0.4 is 10.1 Å². The van der Waals surface area contributed by atoms with Crippen molar-refractivity contribution in [1.82, 2.24) is 9.97 Å². The highest BCUT2D eigenvalue weighted by molar-refractivity contribution is 5.39. The van der Waals surface area contributed by atoms with E-state index >= 15 is 0 Å². The number of anilines is 1. The molecule has 0 saturated carbocycles. The molecule has 0 aliphatic carbocycles. The van der Waals surface area contributed by atoms with Gasteiger partial charge in [-0.25, -0.2) is 4.98 Å². The molecule has 0 aliphatic heterocycles. The van der Waals surface area contributed by atoms with Gasteiger partial charge in [0.2, 0.25) is 0 Å². The van der Waals surface area contributed by atoms with Gasteiger partial charge in [-0.2, -0.15) is 0 Å². The Bertz CT molecular complexity index is 655. The van der Waals surface area contributed by atoms with E-state index in [2.05, 4.69) is 20.0 Å². The number of halogens is 3. The number of alkyl halides is 3. The third kappa shape index (κ3) is 5.43. The summed E-state index contributed by atoms with van der Waals surface area (Å²) in [5, 5.41) is 3.03. The van der Waals surface area contributed by atoms with Gasteiger partial charge in [-0.1, -0.05) is 19.9 Å². The fourth-order valence-corrected chi connectivity index (χ4v) is 1.99. The van der Waals surface area contributed by atoms with Crippen molar-refractivity contribution < 1.29 is 17.9 Å². The molecule has 0 fully saturated rings. The Hall–Kier alpha value is -2.31. The van der Waals surface area contributed by atoms with Gasteiger partial charge in [-0.3, -0.25) is 4.98 Å². The smallest absolute Gasteiger partial charge is 0.406 e. The first-order valence-electron chi connectivity index (χ1n) is 7.15. The minimum Gasteiger partial charge on any atom is -0.406 e. The lowest BCUT2D eigenvalue weighted by Crippen LogP contribution is -2.17. The highest BCUT2D eigenvalue weighted by Gasteiger charge is 2.31. The van der Waals surface area contributed by atoms with Crippen molar-refractivity contribution in [1.29, 1.82) is 0 Å². The zero-order valence-electron chi connectivity index (χ0n) is 13.1. The molecular weight excluding hydrogens is 307 g/mol. The summed E-state index contributed by atoms with van der Waals surface area (Å²) in [6.45, 7) is 5.97. The molecule has 1 heterocycles. The summed E-state index contributed by atoms with van der Waals surface area (Å²) in [5.41, 5.74) is 2.24. The summed E-state index contributed by atoms with van der Waals surface area (Å²) in [6, 6.07) is 4.63. The average molecular weight is 325 g/mol. The van der Waals surface area contributed by atoms with E-state index in [-0.39, 0.29) is 11.7 Å². The summed E-state index contributed by atoms with van der Waals surface area (Å²) in [4.78, 5) is 8.25. The third-order valence-corrected chi connectivity index (χ3v) is 3.14. The normalized spacial score (nSPS) is 11.6. The molecule has 0 atom stereocenters. The number of nitrogens with zero attached hydrogens (tertiary/aromatic N) is 2. The Balaban J connectivity index is 2.17. The highest BCUT2D eigenvalue weighted by atomic mass is 19.4. The molecule has 0 radical (unpaired) electrons. The second-order valence-electron chi connectivity index (χ2n) is 5.51. The fraction of sp³-hybridized carbons (Fsp3) is 0.375. The molecule has 7 heteroatoms. The minimum absolute atomic E-state index is 0.0877. The predicted molar refractivity (Wildman–Crippen MR) is 81.3 cm³/mol. The maximum absolute atomic E-state index is 12.4. The summed E-state index contributed by atoms with van der Waals surface area (Å²) < 4.78 is 41.4. The number of hydrogen-bond donors (Lipinski definition) is 1. The minimum atomic E-state index is -4.71. The first kappa shape index (κ1) is 17.1. The van der Waals surface area contributed by atoms with Gasteiger partial charge >= 0.3 is 6.36 Å². The topological polar surface area (TPSA) is 47.0 Å². The van der Waals surface area contributed by atoms with Crippen LogP contribution in [0.5, 0.6) is 5.75 Å². The Morgan fingerprint density at radius 2 is 1.87 bits per heavy atom. The molecule has 2 aromatic rings. The largest absolute Gasteiger partial charge is 0.573 e. The van der Waals surface area contributed by atoms with Crippen LogP contribution in [-0.2, 0) is 6.54 Å². The van der Waals surface area contributed by atoms with Crippen LogP contribution in [0.1, 0.15) is 36.6 Å². The van der Waals surface area contributed by atoms with Gasteiger partial charge in [-0.05, 0) is 36.1 Å². The molecule has 0 spiro atoms. The second kappa shape index (κ2) is 6.85. The van der Waals surface area contributed by atoms with Crippen LogP contribution in [0.2, 0.25) is 0 Å². The Labute approximate surface area is 132 Å². The van der Waals surface area contributed by atoms with Crippen molar-refractivity contribution in [3.63, 3.8) is 0 Å². The molecule has 1 aromatic heterocycles. The summed E-state index contributed by atoms with van der Waals surface area (Å²) >= 11 is 0. The van der Waals surface area contributed by atoms with Gasteiger partial charge in [0.15, 0.2) is 0 Å². The summed E-state index contributed by atoms with van der Waals surface area (Å²) in [6.07, 6.45) is -1.51. The number of benzene rings is 1. The van der Waals surface area contributed by atoms with Crippen molar-refractivity contribution >= 4 is 5.82 Å². The number of aromatic nitrogens is 2. The molecular formula is C16H18F3N3O. The van der Waals surface area contributed by atoms with Crippen molar-refractivity contribution in [3.05, 3.63) is 47.4 Å². The van der Waals surface area contributed by atoms with Gasteiger partial charge in [-0.15, -0.1) is 13.2 Å². The van der Waals surface area contributed by atoms with E-state index in [1.54, 1.807) is 12.4 Å². The number of ether oxygens (including phenoxy) is 1. The van der Waals surface area contributed by atoms with Crippen LogP contribution in [-0.4, -0.2) is 16.3 Å². The Morgan fingerprint density at radius 3 is 2.43 bits per heavy atom. The first-order chi connectivity index (χ1) is 10.7. The van der Waals surface area contributed by atoms with Crippen LogP contribution in [0.25, 0.3) is 0 Å². The van der Waals surface area contributed by atoms with Crippen molar-refractivity contribution in [2.24, 2.45) is 0 Å². The average Bonchev–Trinajstić information content (AvgIpc) is 2.44. The zero-order chi connectivity index (χ0) is 17.0. The SMILES string of the molecule is Cc1cnc(NCc2cc(OC(F)(F)F)cc(C(C)C)c2)cn1. The second-order valence-corrected chi connectivity index (χ2v) is 5.51. The van der Waals surface area contributed by atoms with E-state index in [4.69, 9.17) is 0 Å². The van der Waals surface area contributed by atoms with Gasteiger partial charge < -0.3 is 10.1 Å². The Morgan fingerprint density at radius 1 is 1.13 bits per heavy atom. The number of rotatable bonds is 5. The molecule has 0 bridgehead atoms. The van der Waals surface area contributed by atoms with Crippen LogP contribution in [0.15, 0.2) is 30.6 Å². The van der Waals surface area contributed by atoms with Crippen LogP contribution in [0.4, 0.5) is 19.0 Å².